The standard InChI is InChI=1S/C16H17Cl2NO/c1-16(2,3)11-4-7-15(14(18)8-11)20-10-13-6-5-12(17)9-19-13/h4-9H,10H2,1-3H3. The Labute approximate surface area is 129 Å². The molecule has 2 aromatic rings. The van der Waals surface area contributed by atoms with E-state index in [0.717, 1.165) is 5.69 Å². The van der Waals surface area contributed by atoms with E-state index >= 15 is 0 Å². The molecule has 0 saturated heterocycles. The van der Waals surface area contributed by atoms with Crippen molar-refractivity contribution < 1.29 is 4.74 Å². The molecule has 1 heterocycles. The molecule has 106 valence electrons. The molecule has 1 aromatic heterocycles. The molecular weight excluding hydrogens is 293 g/mol. The normalized spacial score (nSPS) is 11.4. The van der Waals surface area contributed by atoms with Gasteiger partial charge in [-0.25, -0.2) is 0 Å². The van der Waals surface area contributed by atoms with Gasteiger partial charge in [0.25, 0.3) is 0 Å². The Hall–Kier alpha value is -1.25. The molecule has 2 rings (SSSR count). The average Bonchev–Trinajstić information content (AvgIpc) is 2.38. The van der Waals surface area contributed by atoms with Gasteiger partial charge in [-0.05, 0) is 35.2 Å². The summed E-state index contributed by atoms with van der Waals surface area (Å²) in [5.74, 6) is 0.663. The molecule has 0 bridgehead atoms. The fourth-order valence-electron chi connectivity index (χ4n) is 1.73. The maximum Gasteiger partial charge on any atom is 0.138 e. The quantitative estimate of drug-likeness (QED) is 0.771. The van der Waals surface area contributed by atoms with E-state index < -0.39 is 0 Å². The van der Waals surface area contributed by atoms with Crippen LogP contribution >= 0.6 is 23.2 Å². The molecule has 0 radical (unpaired) electrons. The van der Waals surface area contributed by atoms with E-state index in [-0.39, 0.29) is 5.41 Å². The molecule has 0 fully saturated rings. The summed E-state index contributed by atoms with van der Waals surface area (Å²) in [5, 5.41) is 1.23. The van der Waals surface area contributed by atoms with Crippen LogP contribution in [0, 0.1) is 0 Å². The first-order chi connectivity index (χ1) is 9.36. The zero-order valence-corrected chi connectivity index (χ0v) is 13.3. The van der Waals surface area contributed by atoms with Crippen LogP contribution in [0.15, 0.2) is 36.5 Å². The van der Waals surface area contributed by atoms with Gasteiger partial charge in [0.15, 0.2) is 0 Å². The summed E-state index contributed by atoms with van der Waals surface area (Å²) >= 11 is 12.1. The van der Waals surface area contributed by atoms with Crippen molar-refractivity contribution in [1.29, 1.82) is 0 Å². The van der Waals surface area contributed by atoms with Crippen molar-refractivity contribution in [3.63, 3.8) is 0 Å². The van der Waals surface area contributed by atoms with Crippen LogP contribution in [0.5, 0.6) is 5.75 Å². The first-order valence-corrected chi connectivity index (χ1v) is 7.15. The first-order valence-electron chi connectivity index (χ1n) is 6.39. The van der Waals surface area contributed by atoms with Crippen molar-refractivity contribution in [3.8, 4) is 5.75 Å². The maximum atomic E-state index is 6.26. The SMILES string of the molecule is CC(C)(C)c1ccc(OCc2ccc(Cl)cn2)c(Cl)c1. The van der Waals surface area contributed by atoms with E-state index in [9.17, 15) is 0 Å². The lowest BCUT2D eigenvalue weighted by Crippen LogP contribution is -2.11. The Bertz CT molecular complexity index is 588. The van der Waals surface area contributed by atoms with Crippen molar-refractivity contribution >= 4 is 23.2 Å². The number of halogens is 2. The minimum atomic E-state index is 0.0693. The molecule has 4 heteroatoms. The number of hydrogen-bond donors (Lipinski definition) is 0. The van der Waals surface area contributed by atoms with E-state index in [1.165, 1.54) is 5.56 Å². The highest BCUT2D eigenvalue weighted by Gasteiger charge is 2.15. The van der Waals surface area contributed by atoms with Gasteiger partial charge in [-0.15, -0.1) is 0 Å². The third kappa shape index (κ3) is 3.87. The molecule has 0 spiro atoms. The van der Waals surface area contributed by atoms with Crippen molar-refractivity contribution in [2.75, 3.05) is 0 Å². The number of pyridine rings is 1. The number of benzene rings is 1. The monoisotopic (exact) mass is 309 g/mol. The van der Waals surface area contributed by atoms with E-state index in [4.69, 9.17) is 27.9 Å². The summed E-state index contributed by atoms with van der Waals surface area (Å²) in [5.41, 5.74) is 2.06. The molecule has 0 aliphatic heterocycles. The summed E-state index contributed by atoms with van der Waals surface area (Å²) in [6.07, 6.45) is 1.60. The maximum absolute atomic E-state index is 6.26. The molecule has 2 nitrogen and oxygen atoms in total. The Morgan fingerprint density at radius 3 is 2.40 bits per heavy atom. The number of ether oxygens (including phenoxy) is 1. The molecule has 0 amide bonds. The average molecular weight is 310 g/mol. The van der Waals surface area contributed by atoms with Gasteiger partial charge < -0.3 is 4.74 Å². The Balaban J connectivity index is 2.08. The van der Waals surface area contributed by atoms with Gasteiger partial charge in [-0.3, -0.25) is 4.98 Å². The summed E-state index contributed by atoms with van der Waals surface area (Å²) < 4.78 is 5.69. The van der Waals surface area contributed by atoms with Gasteiger partial charge in [0.1, 0.15) is 12.4 Å². The van der Waals surface area contributed by atoms with Gasteiger partial charge in [0.05, 0.1) is 15.7 Å². The van der Waals surface area contributed by atoms with Gasteiger partial charge in [0.2, 0.25) is 0 Å². The van der Waals surface area contributed by atoms with Gasteiger partial charge >= 0.3 is 0 Å². The second-order valence-corrected chi connectivity index (χ2v) is 6.50. The van der Waals surface area contributed by atoms with Crippen LogP contribution in [0.3, 0.4) is 0 Å². The van der Waals surface area contributed by atoms with Crippen LogP contribution in [-0.4, -0.2) is 4.98 Å². The molecule has 0 unspecified atom stereocenters. The molecule has 0 N–H and O–H groups in total. The van der Waals surface area contributed by atoms with Crippen LogP contribution in [0.1, 0.15) is 32.0 Å². The highest BCUT2D eigenvalue weighted by atomic mass is 35.5. The number of nitrogens with zero attached hydrogens (tertiary/aromatic N) is 1. The van der Waals surface area contributed by atoms with Crippen LogP contribution in [0.4, 0.5) is 0 Å². The largest absolute Gasteiger partial charge is 0.486 e. The van der Waals surface area contributed by atoms with Crippen LogP contribution in [0.25, 0.3) is 0 Å². The molecule has 20 heavy (non-hydrogen) atoms. The zero-order chi connectivity index (χ0) is 14.8. The molecule has 0 saturated carbocycles. The highest BCUT2D eigenvalue weighted by molar-refractivity contribution is 6.32. The van der Waals surface area contributed by atoms with Crippen LogP contribution in [0.2, 0.25) is 10.0 Å². The smallest absolute Gasteiger partial charge is 0.138 e. The Morgan fingerprint density at radius 1 is 1.10 bits per heavy atom. The highest BCUT2D eigenvalue weighted by Crippen LogP contribution is 2.31. The second-order valence-electron chi connectivity index (χ2n) is 5.65. The fraction of sp³-hybridized carbons (Fsp3) is 0.312. The van der Waals surface area contributed by atoms with Crippen molar-refractivity contribution in [2.24, 2.45) is 0 Å². The molecule has 0 atom stereocenters. The van der Waals surface area contributed by atoms with Gasteiger partial charge in [0, 0.05) is 6.20 Å². The van der Waals surface area contributed by atoms with Crippen molar-refractivity contribution in [2.45, 2.75) is 32.8 Å². The first kappa shape index (κ1) is 15.1. The number of rotatable bonds is 3. The summed E-state index contributed by atoms with van der Waals surface area (Å²) in [4.78, 5) is 4.18. The van der Waals surface area contributed by atoms with E-state index in [1.54, 1.807) is 12.3 Å². The van der Waals surface area contributed by atoms with E-state index in [2.05, 4.69) is 25.8 Å². The predicted octanol–water partition coefficient (Wildman–Crippen LogP) is 5.26. The summed E-state index contributed by atoms with van der Waals surface area (Å²) in [6, 6.07) is 9.51. The topological polar surface area (TPSA) is 22.1 Å². The van der Waals surface area contributed by atoms with Crippen LogP contribution in [-0.2, 0) is 12.0 Å². The van der Waals surface area contributed by atoms with E-state index in [1.807, 2.05) is 24.3 Å². The van der Waals surface area contributed by atoms with E-state index in [0.29, 0.717) is 22.4 Å². The zero-order valence-electron chi connectivity index (χ0n) is 11.8. The van der Waals surface area contributed by atoms with Gasteiger partial charge in [-0.1, -0.05) is 50.0 Å². The van der Waals surface area contributed by atoms with Gasteiger partial charge in [-0.2, -0.15) is 0 Å². The fourth-order valence-corrected chi connectivity index (χ4v) is 2.07. The van der Waals surface area contributed by atoms with Crippen molar-refractivity contribution in [3.05, 3.63) is 57.8 Å². The lowest BCUT2D eigenvalue weighted by molar-refractivity contribution is 0.301. The minimum Gasteiger partial charge on any atom is -0.486 e. The summed E-state index contributed by atoms with van der Waals surface area (Å²) in [7, 11) is 0. The molecule has 0 aliphatic rings. The van der Waals surface area contributed by atoms with Crippen molar-refractivity contribution in [1.82, 2.24) is 4.98 Å². The molecular formula is C16H17Cl2NO. The number of hydrogen-bond acceptors (Lipinski definition) is 2. The predicted molar refractivity (Wildman–Crippen MR) is 83.7 cm³/mol. The Morgan fingerprint density at radius 2 is 1.85 bits per heavy atom. The lowest BCUT2D eigenvalue weighted by Gasteiger charge is -2.20. The second kappa shape index (κ2) is 6.02. The minimum absolute atomic E-state index is 0.0693. The Kier molecular flexibility index (Phi) is 4.56. The molecule has 1 aromatic carbocycles. The molecule has 0 aliphatic carbocycles. The third-order valence-corrected chi connectivity index (χ3v) is 3.48. The summed E-state index contributed by atoms with van der Waals surface area (Å²) in [6.45, 7) is 6.82. The third-order valence-electron chi connectivity index (χ3n) is 2.96. The number of aromatic nitrogens is 1. The lowest BCUT2D eigenvalue weighted by atomic mass is 9.87. The van der Waals surface area contributed by atoms with Crippen LogP contribution < -0.4 is 4.74 Å².